The first-order valence-corrected chi connectivity index (χ1v) is 11.9. The van der Waals surface area contributed by atoms with Crippen molar-refractivity contribution >= 4 is 43.2 Å². The molecule has 0 saturated carbocycles. The molecule has 8 nitrogen and oxygen atoms in total. The fraction of sp³-hybridized carbons (Fsp3) is 0.136. The lowest BCUT2D eigenvalue weighted by molar-refractivity contribution is -0.116. The summed E-state index contributed by atoms with van der Waals surface area (Å²) in [6.45, 7) is -0.212. The fourth-order valence-corrected chi connectivity index (χ4v) is 4.99. The van der Waals surface area contributed by atoms with Gasteiger partial charge in [-0.05, 0) is 35.9 Å². The number of fused-ring (bicyclic) bond motifs is 1. The van der Waals surface area contributed by atoms with Crippen LogP contribution in [0.3, 0.4) is 0 Å². The van der Waals surface area contributed by atoms with Gasteiger partial charge in [0.25, 0.3) is 5.56 Å². The average Bonchev–Trinajstić information content (AvgIpc) is 3.22. The van der Waals surface area contributed by atoms with Gasteiger partial charge in [0.1, 0.15) is 11.4 Å². The number of rotatable bonds is 6. The Balaban J connectivity index is 1.51. The van der Waals surface area contributed by atoms with E-state index in [0.29, 0.717) is 15.9 Å². The SMILES string of the molecule is CN(C)S(=O)(=O)c1ccc(NC(=O)Cn2cnc3sc(-c4ccccc4)cc3c2=O)cc1. The molecule has 2 heterocycles. The van der Waals surface area contributed by atoms with E-state index in [9.17, 15) is 18.0 Å². The summed E-state index contributed by atoms with van der Waals surface area (Å²) in [6.07, 6.45) is 1.36. The van der Waals surface area contributed by atoms with Gasteiger partial charge in [0.05, 0.1) is 16.6 Å². The van der Waals surface area contributed by atoms with Crippen LogP contribution in [-0.4, -0.2) is 42.3 Å². The number of anilines is 1. The van der Waals surface area contributed by atoms with Crippen molar-refractivity contribution in [3.63, 3.8) is 0 Å². The molecule has 1 amide bonds. The number of benzene rings is 2. The zero-order valence-electron chi connectivity index (χ0n) is 17.3. The normalized spacial score (nSPS) is 11.7. The first-order valence-electron chi connectivity index (χ1n) is 9.62. The molecule has 4 rings (SSSR count). The summed E-state index contributed by atoms with van der Waals surface area (Å²) in [6, 6.07) is 17.3. The van der Waals surface area contributed by atoms with Gasteiger partial charge in [-0.2, -0.15) is 0 Å². The van der Waals surface area contributed by atoms with E-state index in [2.05, 4.69) is 10.3 Å². The van der Waals surface area contributed by atoms with Crippen molar-refractivity contribution in [1.82, 2.24) is 13.9 Å². The van der Waals surface area contributed by atoms with Crippen LogP contribution in [0.25, 0.3) is 20.7 Å². The minimum atomic E-state index is -3.55. The maximum Gasteiger partial charge on any atom is 0.262 e. The molecule has 0 bridgehead atoms. The number of hydrogen-bond acceptors (Lipinski definition) is 6. The molecular formula is C22H20N4O4S2. The topological polar surface area (TPSA) is 101 Å². The molecule has 0 spiro atoms. The van der Waals surface area contributed by atoms with Crippen LogP contribution >= 0.6 is 11.3 Å². The van der Waals surface area contributed by atoms with E-state index in [4.69, 9.17) is 0 Å². The Morgan fingerprint density at radius 2 is 1.78 bits per heavy atom. The largest absolute Gasteiger partial charge is 0.325 e. The standard InChI is InChI=1S/C22H20N4O4S2/c1-25(2)32(29,30)17-10-8-16(9-11-17)24-20(27)13-26-14-23-21-18(22(26)28)12-19(31-21)15-6-4-3-5-7-15/h3-12,14H,13H2,1-2H3,(H,24,27). The molecule has 1 N–H and O–H groups in total. The number of amides is 1. The second-order valence-corrected chi connectivity index (χ2v) is 10.4. The second-order valence-electron chi connectivity index (χ2n) is 7.23. The van der Waals surface area contributed by atoms with Crippen LogP contribution in [0.4, 0.5) is 5.69 Å². The Morgan fingerprint density at radius 1 is 1.09 bits per heavy atom. The van der Waals surface area contributed by atoms with Gasteiger partial charge < -0.3 is 5.32 Å². The number of carbonyl (C=O) groups excluding carboxylic acids is 1. The number of thiophene rings is 1. The molecule has 32 heavy (non-hydrogen) atoms. The third-order valence-corrected chi connectivity index (χ3v) is 7.73. The highest BCUT2D eigenvalue weighted by molar-refractivity contribution is 7.89. The summed E-state index contributed by atoms with van der Waals surface area (Å²) in [5, 5.41) is 3.13. The molecule has 0 fully saturated rings. The summed E-state index contributed by atoms with van der Waals surface area (Å²) in [5.41, 5.74) is 1.13. The van der Waals surface area contributed by atoms with Crippen LogP contribution in [0, 0.1) is 0 Å². The Labute approximate surface area is 188 Å². The third-order valence-electron chi connectivity index (χ3n) is 4.81. The number of carbonyl (C=O) groups is 1. The molecule has 0 atom stereocenters. The van der Waals surface area contributed by atoms with E-state index in [1.54, 1.807) is 6.07 Å². The summed E-state index contributed by atoms with van der Waals surface area (Å²) < 4.78 is 26.6. The summed E-state index contributed by atoms with van der Waals surface area (Å²) in [7, 11) is -0.651. The molecular weight excluding hydrogens is 448 g/mol. The Kier molecular flexibility index (Phi) is 5.92. The Morgan fingerprint density at radius 3 is 2.44 bits per heavy atom. The van der Waals surface area contributed by atoms with Crippen molar-refractivity contribution in [1.29, 1.82) is 0 Å². The maximum absolute atomic E-state index is 12.9. The number of nitrogens with zero attached hydrogens (tertiary/aromatic N) is 3. The predicted molar refractivity (Wildman–Crippen MR) is 125 cm³/mol. The lowest BCUT2D eigenvalue weighted by atomic mass is 10.2. The van der Waals surface area contributed by atoms with E-state index in [1.807, 2.05) is 30.3 Å². The summed E-state index contributed by atoms with van der Waals surface area (Å²) in [4.78, 5) is 31.3. The molecule has 10 heteroatoms. The molecule has 0 aliphatic carbocycles. The van der Waals surface area contributed by atoms with Crippen molar-refractivity contribution in [2.24, 2.45) is 0 Å². The first-order chi connectivity index (χ1) is 15.3. The number of hydrogen-bond donors (Lipinski definition) is 1. The molecule has 0 radical (unpaired) electrons. The predicted octanol–water partition coefficient (Wildman–Crippen LogP) is 3.01. The van der Waals surface area contributed by atoms with Crippen LogP contribution in [-0.2, 0) is 21.4 Å². The van der Waals surface area contributed by atoms with Gasteiger partial charge in [0, 0.05) is 24.7 Å². The molecule has 0 saturated heterocycles. The molecule has 0 unspecified atom stereocenters. The van der Waals surface area contributed by atoms with Gasteiger partial charge in [-0.25, -0.2) is 17.7 Å². The van der Waals surface area contributed by atoms with Crippen LogP contribution in [0.2, 0.25) is 0 Å². The molecule has 164 valence electrons. The second kappa shape index (κ2) is 8.65. The van der Waals surface area contributed by atoms with E-state index in [1.165, 1.54) is 60.6 Å². The van der Waals surface area contributed by atoms with Crippen molar-refractivity contribution in [2.45, 2.75) is 11.4 Å². The van der Waals surface area contributed by atoms with Gasteiger partial charge >= 0.3 is 0 Å². The van der Waals surface area contributed by atoms with Crippen molar-refractivity contribution in [3.05, 3.63) is 77.3 Å². The van der Waals surface area contributed by atoms with Crippen LogP contribution < -0.4 is 10.9 Å². The Hall–Kier alpha value is -3.34. The fourth-order valence-electron chi connectivity index (χ4n) is 3.09. The van der Waals surface area contributed by atoms with E-state index in [0.717, 1.165) is 14.7 Å². The van der Waals surface area contributed by atoms with Gasteiger partial charge in [-0.1, -0.05) is 30.3 Å². The quantitative estimate of drug-likeness (QED) is 0.469. The zero-order valence-corrected chi connectivity index (χ0v) is 19.0. The zero-order chi connectivity index (χ0) is 22.9. The summed E-state index contributed by atoms with van der Waals surface area (Å²) in [5.74, 6) is -0.421. The van der Waals surface area contributed by atoms with Gasteiger partial charge in [-0.3, -0.25) is 14.2 Å². The molecule has 2 aromatic heterocycles. The van der Waals surface area contributed by atoms with Crippen molar-refractivity contribution in [2.75, 3.05) is 19.4 Å². The van der Waals surface area contributed by atoms with Gasteiger partial charge in [-0.15, -0.1) is 11.3 Å². The monoisotopic (exact) mass is 468 g/mol. The molecule has 2 aromatic carbocycles. The minimum absolute atomic E-state index is 0.123. The minimum Gasteiger partial charge on any atom is -0.325 e. The van der Waals surface area contributed by atoms with Crippen LogP contribution in [0.1, 0.15) is 0 Å². The third kappa shape index (κ3) is 4.33. The van der Waals surface area contributed by atoms with Crippen molar-refractivity contribution < 1.29 is 13.2 Å². The number of sulfonamides is 1. The van der Waals surface area contributed by atoms with E-state index in [-0.39, 0.29) is 17.0 Å². The summed E-state index contributed by atoms with van der Waals surface area (Å²) >= 11 is 1.42. The highest BCUT2D eigenvalue weighted by Gasteiger charge is 2.17. The lowest BCUT2D eigenvalue weighted by Gasteiger charge is -2.12. The van der Waals surface area contributed by atoms with Crippen molar-refractivity contribution in [3.8, 4) is 10.4 Å². The Bertz CT molecular complexity index is 1440. The highest BCUT2D eigenvalue weighted by Crippen LogP contribution is 2.30. The maximum atomic E-state index is 12.9. The van der Waals surface area contributed by atoms with Crippen LogP contribution in [0.5, 0.6) is 0 Å². The van der Waals surface area contributed by atoms with E-state index < -0.39 is 15.9 Å². The smallest absolute Gasteiger partial charge is 0.262 e. The van der Waals surface area contributed by atoms with Gasteiger partial charge in [0.15, 0.2) is 0 Å². The lowest BCUT2D eigenvalue weighted by Crippen LogP contribution is -2.27. The average molecular weight is 469 g/mol. The molecule has 0 aliphatic rings. The van der Waals surface area contributed by atoms with Crippen LogP contribution in [0.15, 0.2) is 76.7 Å². The molecule has 4 aromatic rings. The highest BCUT2D eigenvalue weighted by atomic mass is 32.2. The van der Waals surface area contributed by atoms with Gasteiger partial charge in [0.2, 0.25) is 15.9 Å². The number of aromatic nitrogens is 2. The first kappa shape index (κ1) is 21.9. The number of nitrogens with one attached hydrogen (secondary N) is 1. The molecule has 0 aliphatic heterocycles. The van der Waals surface area contributed by atoms with E-state index >= 15 is 0 Å².